The fourth-order valence-electron chi connectivity index (χ4n) is 3.64. The number of carbonyl (C=O) groups excluding carboxylic acids is 1. The molecule has 0 aliphatic carbocycles. The van der Waals surface area contributed by atoms with E-state index in [4.69, 9.17) is 0 Å². The van der Waals surface area contributed by atoms with Crippen LogP contribution in [0.5, 0.6) is 0 Å². The molecule has 0 atom stereocenters. The average Bonchev–Trinajstić information content (AvgIpc) is 2.72. The van der Waals surface area contributed by atoms with Gasteiger partial charge in [0.15, 0.2) is 0 Å². The van der Waals surface area contributed by atoms with E-state index in [9.17, 15) is 14.0 Å². The molecule has 7 heteroatoms. The fraction of sp³-hybridized carbons (Fsp3) is 0.286. The number of rotatable bonds is 3. The number of carbonyl (C=O) groups is 1. The Bertz CT molecular complexity index is 1090. The smallest absolute Gasteiger partial charge is 0.275 e. The molecule has 3 aromatic rings. The van der Waals surface area contributed by atoms with Gasteiger partial charge in [0.2, 0.25) is 5.91 Å². The van der Waals surface area contributed by atoms with Crippen molar-refractivity contribution in [3.05, 3.63) is 70.4 Å². The first-order valence-corrected chi connectivity index (χ1v) is 9.28. The van der Waals surface area contributed by atoms with Gasteiger partial charge >= 0.3 is 0 Å². The Kier molecular flexibility index (Phi) is 4.81. The standard InChI is InChI=1S/C21H21FN4O2/c1-15-16-6-2-3-7-17(16)21(28)26(23-15)14-20(27)25-12-10-24(11-13-25)19-9-5-4-8-18(19)22/h2-9H,10-14H2,1H3. The largest absolute Gasteiger partial charge is 0.366 e. The van der Waals surface area contributed by atoms with Crippen LogP contribution in [0.3, 0.4) is 0 Å². The summed E-state index contributed by atoms with van der Waals surface area (Å²) in [5, 5.41) is 5.67. The molecule has 28 heavy (non-hydrogen) atoms. The van der Waals surface area contributed by atoms with Gasteiger partial charge in [-0.1, -0.05) is 30.3 Å². The van der Waals surface area contributed by atoms with Crippen molar-refractivity contribution in [1.82, 2.24) is 14.7 Å². The molecule has 4 rings (SSSR count). The van der Waals surface area contributed by atoms with Crippen LogP contribution in [-0.2, 0) is 11.3 Å². The molecule has 0 N–H and O–H groups in total. The predicted molar refractivity (Wildman–Crippen MR) is 106 cm³/mol. The number of para-hydroxylation sites is 1. The van der Waals surface area contributed by atoms with Crippen LogP contribution in [0.2, 0.25) is 0 Å². The third-order valence-corrected chi connectivity index (χ3v) is 5.16. The van der Waals surface area contributed by atoms with E-state index in [0.717, 1.165) is 5.39 Å². The topological polar surface area (TPSA) is 58.4 Å². The summed E-state index contributed by atoms with van der Waals surface area (Å²) in [6.07, 6.45) is 0. The highest BCUT2D eigenvalue weighted by atomic mass is 19.1. The van der Waals surface area contributed by atoms with Crippen molar-refractivity contribution in [3.63, 3.8) is 0 Å². The maximum Gasteiger partial charge on any atom is 0.275 e. The predicted octanol–water partition coefficient (Wildman–Crippen LogP) is 2.19. The van der Waals surface area contributed by atoms with E-state index in [1.54, 1.807) is 35.2 Å². The number of aromatic nitrogens is 2. The molecular formula is C21H21FN4O2. The second-order valence-corrected chi connectivity index (χ2v) is 6.91. The molecule has 1 aliphatic rings. The summed E-state index contributed by atoms with van der Waals surface area (Å²) in [5.41, 5.74) is 1.00. The van der Waals surface area contributed by atoms with Crippen LogP contribution in [0.4, 0.5) is 10.1 Å². The van der Waals surface area contributed by atoms with Crippen LogP contribution in [0, 0.1) is 12.7 Å². The Morgan fingerprint density at radius 1 is 1.00 bits per heavy atom. The lowest BCUT2D eigenvalue weighted by molar-refractivity contribution is -0.132. The quantitative estimate of drug-likeness (QED) is 0.699. The Hall–Kier alpha value is -3.22. The summed E-state index contributed by atoms with van der Waals surface area (Å²) in [7, 11) is 0. The number of fused-ring (bicyclic) bond motifs is 1. The zero-order valence-corrected chi connectivity index (χ0v) is 15.6. The van der Waals surface area contributed by atoms with E-state index in [1.165, 1.54) is 10.7 Å². The Balaban J connectivity index is 1.47. The van der Waals surface area contributed by atoms with Crippen LogP contribution in [-0.4, -0.2) is 46.8 Å². The number of amides is 1. The van der Waals surface area contributed by atoms with Gasteiger partial charge in [0.05, 0.1) is 16.8 Å². The van der Waals surface area contributed by atoms with E-state index >= 15 is 0 Å². The molecule has 0 spiro atoms. The summed E-state index contributed by atoms with van der Waals surface area (Å²) in [6, 6.07) is 13.9. The summed E-state index contributed by atoms with van der Waals surface area (Å²) in [4.78, 5) is 29.0. The van der Waals surface area contributed by atoms with Gasteiger partial charge in [-0.05, 0) is 25.1 Å². The normalized spacial score (nSPS) is 14.5. The lowest BCUT2D eigenvalue weighted by atomic mass is 10.1. The first-order chi connectivity index (χ1) is 13.5. The van der Waals surface area contributed by atoms with Crippen LogP contribution >= 0.6 is 0 Å². The molecular weight excluding hydrogens is 359 g/mol. The maximum absolute atomic E-state index is 14.0. The molecule has 2 aromatic carbocycles. The SMILES string of the molecule is Cc1nn(CC(=O)N2CCN(c3ccccc3F)CC2)c(=O)c2ccccc12. The number of anilines is 1. The minimum absolute atomic E-state index is 0.0930. The van der Waals surface area contributed by atoms with Gasteiger partial charge in [-0.3, -0.25) is 9.59 Å². The van der Waals surface area contributed by atoms with Gasteiger partial charge in [-0.15, -0.1) is 0 Å². The maximum atomic E-state index is 14.0. The first kappa shape index (κ1) is 18.2. The number of hydrogen-bond donors (Lipinski definition) is 0. The summed E-state index contributed by atoms with van der Waals surface area (Å²) >= 11 is 0. The van der Waals surface area contributed by atoms with E-state index in [-0.39, 0.29) is 23.8 Å². The molecule has 0 radical (unpaired) electrons. The molecule has 144 valence electrons. The van der Waals surface area contributed by atoms with Crippen LogP contribution in [0.1, 0.15) is 5.69 Å². The van der Waals surface area contributed by atoms with Crippen molar-refractivity contribution < 1.29 is 9.18 Å². The van der Waals surface area contributed by atoms with Crippen molar-refractivity contribution >= 4 is 22.4 Å². The third kappa shape index (κ3) is 3.35. The number of aryl methyl sites for hydroxylation is 1. The van der Waals surface area contributed by atoms with Crippen LogP contribution in [0.15, 0.2) is 53.3 Å². The minimum Gasteiger partial charge on any atom is -0.366 e. The molecule has 1 aromatic heterocycles. The number of benzene rings is 2. The van der Waals surface area contributed by atoms with E-state index in [2.05, 4.69) is 5.10 Å². The lowest BCUT2D eigenvalue weighted by Gasteiger charge is -2.36. The molecule has 0 unspecified atom stereocenters. The van der Waals surface area contributed by atoms with Crippen molar-refractivity contribution in [1.29, 1.82) is 0 Å². The van der Waals surface area contributed by atoms with Gasteiger partial charge in [-0.2, -0.15) is 5.10 Å². The van der Waals surface area contributed by atoms with Gasteiger partial charge in [-0.25, -0.2) is 9.07 Å². The molecule has 1 fully saturated rings. The summed E-state index contributed by atoms with van der Waals surface area (Å²) in [6.45, 7) is 3.79. The van der Waals surface area contributed by atoms with Gasteiger partial charge in [0.25, 0.3) is 5.56 Å². The number of hydrogen-bond acceptors (Lipinski definition) is 4. The molecule has 1 saturated heterocycles. The molecule has 6 nitrogen and oxygen atoms in total. The van der Waals surface area contributed by atoms with Crippen molar-refractivity contribution in [3.8, 4) is 0 Å². The molecule has 2 heterocycles. The Morgan fingerprint density at radius 2 is 1.64 bits per heavy atom. The van der Waals surface area contributed by atoms with E-state index in [0.29, 0.717) is 42.9 Å². The highest BCUT2D eigenvalue weighted by Gasteiger charge is 2.23. The van der Waals surface area contributed by atoms with E-state index < -0.39 is 0 Å². The van der Waals surface area contributed by atoms with Crippen molar-refractivity contribution in [2.45, 2.75) is 13.5 Å². The molecule has 1 aliphatic heterocycles. The average molecular weight is 380 g/mol. The van der Waals surface area contributed by atoms with Crippen molar-refractivity contribution in [2.24, 2.45) is 0 Å². The van der Waals surface area contributed by atoms with Gasteiger partial charge in [0.1, 0.15) is 12.4 Å². The third-order valence-electron chi connectivity index (χ3n) is 5.16. The van der Waals surface area contributed by atoms with Gasteiger partial charge in [0, 0.05) is 31.6 Å². The Labute approximate surface area is 161 Å². The summed E-state index contributed by atoms with van der Waals surface area (Å²) in [5.74, 6) is -0.415. The monoisotopic (exact) mass is 380 g/mol. The van der Waals surface area contributed by atoms with E-state index in [1.807, 2.05) is 24.0 Å². The van der Waals surface area contributed by atoms with Gasteiger partial charge < -0.3 is 9.80 Å². The highest BCUT2D eigenvalue weighted by Crippen LogP contribution is 2.20. The second kappa shape index (κ2) is 7.42. The second-order valence-electron chi connectivity index (χ2n) is 6.91. The molecule has 1 amide bonds. The van der Waals surface area contributed by atoms with Crippen LogP contribution in [0.25, 0.3) is 10.8 Å². The molecule has 0 bridgehead atoms. The minimum atomic E-state index is -0.264. The number of piperazine rings is 1. The zero-order chi connectivity index (χ0) is 19.7. The van der Waals surface area contributed by atoms with Crippen LogP contribution < -0.4 is 10.5 Å². The Morgan fingerprint density at radius 3 is 2.36 bits per heavy atom. The highest BCUT2D eigenvalue weighted by molar-refractivity contribution is 5.83. The number of nitrogens with zero attached hydrogens (tertiary/aromatic N) is 4. The number of halogens is 1. The lowest BCUT2D eigenvalue weighted by Crippen LogP contribution is -2.50. The van der Waals surface area contributed by atoms with Crippen molar-refractivity contribution in [2.75, 3.05) is 31.1 Å². The molecule has 0 saturated carbocycles. The first-order valence-electron chi connectivity index (χ1n) is 9.28. The summed E-state index contributed by atoms with van der Waals surface area (Å²) < 4.78 is 15.2. The fourth-order valence-corrected chi connectivity index (χ4v) is 3.64. The zero-order valence-electron chi connectivity index (χ0n) is 15.6.